The quantitative estimate of drug-likeness (QED) is 0.641. The Balaban J connectivity index is 3.12. The van der Waals surface area contributed by atoms with Crippen molar-refractivity contribution < 1.29 is 19.6 Å². The molecular formula is C11H13NO5. The van der Waals surface area contributed by atoms with Crippen LogP contribution >= 0.6 is 0 Å². The monoisotopic (exact) mass is 239 g/mol. The van der Waals surface area contributed by atoms with Gasteiger partial charge in [0, 0.05) is 5.56 Å². The fraction of sp³-hybridized carbons (Fsp3) is 0.364. The molecule has 0 aromatic heterocycles. The van der Waals surface area contributed by atoms with Gasteiger partial charge in [-0.15, -0.1) is 0 Å². The van der Waals surface area contributed by atoms with Crippen LogP contribution in [0.4, 0.5) is 5.69 Å². The number of rotatable bonds is 4. The molecule has 0 spiro atoms. The van der Waals surface area contributed by atoms with Gasteiger partial charge in [0.1, 0.15) is 5.75 Å². The van der Waals surface area contributed by atoms with Crippen molar-refractivity contribution in [3.8, 4) is 5.75 Å². The highest BCUT2D eigenvalue weighted by Crippen LogP contribution is 2.28. The van der Waals surface area contributed by atoms with Crippen LogP contribution in [0.2, 0.25) is 0 Å². The first kappa shape index (κ1) is 13.0. The summed E-state index contributed by atoms with van der Waals surface area (Å²) in [6.07, 6.45) is -1.05. The van der Waals surface area contributed by atoms with Gasteiger partial charge < -0.3 is 9.84 Å². The highest BCUT2D eigenvalue weighted by molar-refractivity contribution is 5.72. The molecule has 0 aliphatic rings. The number of nitro benzene ring substituents is 1. The second-order valence-corrected chi connectivity index (χ2v) is 3.76. The molecule has 1 aromatic rings. The van der Waals surface area contributed by atoms with Crippen LogP contribution in [0.25, 0.3) is 0 Å². The lowest BCUT2D eigenvalue weighted by Crippen LogP contribution is -2.23. The van der Waals surface area contributed by atoms with Gasteiger partial charge in [-0.2, -0.15) is 0 Å². The highest BCUT2D eigenvalue weighted by Gasteiger charge is 2.18. The summed E-state index contributed by atoms with van der Waals surface area (Å²) in [7, 11) is 0. The highest BCUT2D eigenvalue weighted by atomic mass is 16.6. The normalized spacial score (nSPS) is 11.9. The topological polar surface area (TPSA) is 89.7 Å². The van der Waals surface area contributed by atoms with E-state index in [2.05, 4.69) is 0 Å². The first-order chi connectivity index (χ1) is 7.82. The maximum Gasteiger partial charge on any atom is 0.344 e. The molecule has 6 heteroatoms. The summed E-state index contributed by atoms with van der Waals surface area (Å²) in [6.45, 7) is 4.70. The van der Waals surface area contributed by atoms with Crippen LogP contribution in [0.5, 0.6) is 5.75 Å². The van der Waals surface area contributed by atoms with Gasteiger partial charge in [-0.1, -0.05) is 0 Å². The number of nitrogens with zero attached hydrogens (tertiary/aromatic N) is 1. The van der Waals surface area contributed by atoms with E-state index in [0.29, 0.717) is 11.1 Å². The first-order valence-electron chi connectivity index (χ1n) is 4.98. The number of carboxylic acids is 1. The summed E-state index contributed by atoms with van der Waals surface area (Å²) in [6, 6.07) is 2.85. The van der Waals surface area contributed by atoms with Crippen molar-refractivity contribution in [1.29, 1.82) is 0 Å². The maximum absolute atomic E-state index is 10.7. The fourth-order valence-electron chi connectivity index (χ4n) is 1.39. The van der Waals surface area contributed by atoms with Gasteiger partial charge in [0.2, 0.25) is 0 Å². The number of carbonyl (C=O) groups is 1. The maximum atomic E-state index is 10.7. The molecule has 6 nitrogen and oxygen atoms in total. The van der Waals surface area contributed by atoms with Gasteiger partial charge >= 0.3 is 5.97 Å². The standard InChI is InChI=1S/C11H13NO5/c1-6-4-7(2)10(5-9(6)12(15)16)17-8(3)11(13)14/h4-5,8H,1-3H3,(H,13,14)/t8-/m1/s1. The molecule has 0 bridgehead atoms. The summed E-state index contributed by atoms with van der Waals surface area (Å²) in [4.78, 5) is 20.9. The molecule has 0 heterocycles. The van der Waals surface area contributed by atoms with Crippen LogP contribution in [0.1, 0.15) is 18.1 Å². The summed E-state index contributed by atoms with van der Waals surface area (Å²) in [5.74, 6) is -0.898. The van der Waals surface area contributed by atoms with Gasteiger partial charge in [-0.3, -0.25) is 10.1 Å². The smallest absolute Gasteiger partial charge is 0.344 e. The van der Waals surface area contributed by atoms with E-state index < -0.39 is 17.0 Å². The van der Waals surface area contributed by atoms with Crippen molar-refractivity contribution in [3.05, 3.63) is 33.4 Å². The SMILES string of the molecule is Cc1cc(C)c([N+](=O)[O-])cc1O[C@H](C)C(=O)O. The molecule has 0 fully saturated rings. The Labute approximate surface area is 98.0 Å². The van der Waals surface area contributed by atoms with E-state index in [4.69, 9.17) is 9.84 Å². The van der Waals surface area contributed by atoms with E-state index in [1.165, 1.54) is 13.0 Å². The molecular weight excluding hydrogens is 226 g/mol. The minimum atomic E-state index is -1.12. The number of aryl methyl sites for hydroxylation is 2. The van der Waals surface area contributed by atoms with Crippen molar-refractivity contribution in [1.82, 2.24) is 0 Å². The summed E-state index contributed by atoms with van der Waals surface area (Å²) in [5, 5.41) is 19.4. The third kappa shape index (κ3) is 2.93. The molecule has 1 atom stereocenters. The minimum absolute atomic E-state index is 0.0804. The van der Waals surface area contributed by atoms with Gasteiger partial charge in [0.05, 0.1) is 11.0 Å². The van der Waals surface area contributed by atoms with E-state index in [9.17, 15) is 14.9 Å². The molecule has 0 aliphatic heterocycles. The van der Waals surface area contributed by atoms with Crippen LogP contribution in [0.3, 0.4) is 0 Å². The molecule has 0 unspecified atom stereocenters. The average molecular weight is 239 g/mol. The third-order valence-corrected chi connectivity index (χ3v) is 2.34. The molecule has 1 N–H and O–H groups in total. The number of hydrogen-bond acceptors (Lipinski definition) is 4. The Hall–Kier alpha value is -2.11. The van der Waals surface area contributed by atoms with Crippen molar-refractivity contribution in [2.45, 2.75) is 26.9 Å². The van der Waals surface area contributed by atoms with Crippen LogP contribution in [-0.2, 0) is 4.79 Å². The molecule has 1 rings (SSSR count). The minimum Gasteiger partial charge on any atom is -0.479 e. The zero-order valence-corrected chi connectivity index (χ0v) is 9.76. The lowest BCUT2D eigenvalue weighted by molar-refractivity contribution is -0.385. The van der Waals surface area contributed by atoms with Crippen molar-refractivity contribution in [2.24, 2.45) is 0 Å². The zero-order valence-electron chi connectivity index (χ0n) is 9.76. The second-order valence-electron chi connectivity index (χ2n) is 3.76. The Kier molecular flexibility index (Phi) is 3.67. The summed E-state index contributed by atoms with van der Waals surface area (Å²) < 4.78 is 5.15. The van der Waals surface area contributed by atoms with E-state index in [-0.39, 0.29) is 11.4 Å². The van der Waals surface area contributed by atoms with Gasteiger partial charge in [0.15, 0.2) is 6.10 Å². The predicted octanol–water partition coefficient (Wildman–Crippen LogP) is 2.06. The predicted molar refractivity (Wildman–Crippen MR) is 60.3 cm³/mol. The van der Waals surface area contributed by atoms with Crippen LogP contribution in [0, 0.1) is 24.0 Å². The lowest BCUT2D eigenvalue weighted by Gasteiger charge is -2.13. The lowest BCUT2D eigenvalue weighted by atomic mass is 10.1. The van der Waals surface area contributed by atoms with E-state index in [0.717, 1.165) is 0 Å². The van der Waals surface area contributed by atoms with E-state index >= 15 is 0 Å². The Morgan fingerprint density at radius 3 is 2.47 bits per heavy atom. The van der Waals surface area contributed by atoms with E-state index in [1.54, 1.807) is 19.9 Å². The molecule has 1 aromatic carbocycles. The fourth-order valence-corrected chi connectivity index (χ4v) is 1.39. The summed E-state index contributed by atoms with van der Waals surface area (Å²) >= 11 is 0. The molecule has 0 amide bonds. The van der Waals surface area contributed by atoms with Gasteiger partial charge in [-0.05, 0) is 32.4 Å². The van der Waals surface area contributed by atoms with Crippen molar-refractivity contribution in [3.63, 3.8) is 0 Å². The Morgan fingerprint density at radius 1 is 1.41 bits per heavy atom. The molecule has 0 radical (unpaired) electrons. The number of ether oxygens (including phenoxy) is 1. The van der Waals surface area contributed by atoms with Gasteiger partial charge in [0.25, 0.3) is 5.69 Å². The van der Waals surface area contributed by atoms with Crippen LogP contribution < -0.4 is 4.74 Å². The van der Waals surface area contributed by atoms with Crippen LogP contribution in [0.15, 0.2) is 12.1 Å². The second kappa shape index (κ2) is 4.82. The molecule has 92 valence electrons. The first-order valence-corrected chi connectivity index (χ1v) is 4.98. The molecule has 17 heavy (non-hydrogen) atoms. The number of nitro groups is 1. The number of aliphatic carboxylic acids is 1. The Bertz CT molecular complexity index is 469. The van der Waals surface area contributed by atoms with Crippen molar-refractivity contribution in [2.75, 3.05) is 0 Å². The number of benzene rings is 1. The molecule has 0 saturated heterocycles. The largest absolute Gasteiger partial charge is 0.479 e. The third-order valence-electron chi connectivity index (χ3n) is 2.34. The summed E-state index contributed by atoms with van der Waals surface area (Å²) in [5.41, 5.74) is 1.10. The molecule has 0 saturated carbocycles. The van der Waals surface area contributed by atoms with Gasteiger partial charge in [-0.25, -0.2) is 4.79 Å². The van der Waals surface area contributed by atoms with Crippen molar-refractivity contribution >= 4 is 11.7 Å². The number of carboxylic acid groups (broad SMARTS) is 1. The average Bonchev–Trinajstić information content (AvgIpc) is 2.21. The number of hydrogen-bond donors (Lipinski definition) is 1. The zero-order chi connectivity index (χ0) is 13.2. The van der Waals surface area contributed by atoms with Crippen LogP contribution in [-0.4, -0.2) is 22.1 Å². The molecule has 0 aliphatic carbocycles. The Morgan fingerprint density at radius 2 is 2.00 bits per heavy atom. The van der Waals surface area contributed by atoms with E-state index in [1.807, 2.05) is 0 Å².